The summed E-state index contributed by atoms with van der Waals surface area (Å²) in [6.07, 6.45) is 0. The minimum Gasteiger partial charge on any atom is -0.495 e. The minimum atomic E-state index is -4.12. The molecule has 0 fully saturated rings. The number of carbonyl (C=O) groups excluding carboxylic acids is 1. The molecule has 0 radical (unpaired) electrons. The standard InChI is InChI=1S/C15H22N2O6S/c1-9(2)14(15(19)20)17-24(21,22)13-7-11(8-16-10(3)18)5-6-12(13)23-4/h5-7,9,14,17H,8H2,1-4H3,(H,16,18)(H,19,20)/t14-/m1/s1. The van der Waals surface area contributed by atoms with Gasteiger partial charge < -0.3 is 15.2 Å². The van der Waals surface area contributed by atoms with Crippen molar-refractivity contribution in [2.75, 3.05) is 7.11 Å². The third-order valence-corrected chi connectivity index (χ3v) is 4.74. The molecular weight excluding hydrogens is 336 g/mol. The van der Waals surface area contributed by atoms with Crippen molar-refractivity contribution >= 4 is 21.9 Å². The van der Waals surface area contributed by atoms with Gasteiger partial charge in [0.15, 0.2) is 0 Å². The Morgan fingerprint density at radius 2 is 1.92 bits per heavy atom. The lowest BCUT2D eigenvalue weighted by atomic mass is 10.1. The number of methoxy groups -OCH3 is 1. The van der Waals surface area contributed by atoms with Gasteiger partial charge in [-0.05, 0) is 23.6 Å². The first kappa shape index (κ1) is 19.9. The van der Waals surface area contributed by atoms with Crippen molar-refractivity contribution in [3.05, 3.63) is 23.8 Å². The highest BCUT2D eigenvalue weighted by Gasteiger charge is 2.30. The third-order valence-electron chi connectivity index (χ3n) is 3.27. The quantitative estimate of drug-likeness (QED) is 0.629. The lowest BCUT2D eigenvalue weighted by molar-refractivity contribution is -0.140. The predicted molar refractivity (Wildman–Crippen MR) is 87.1 cm³/mol. The minimum absolute atomic E-state index is 0.0852. The highest BCUT2D eigenvalue weighted by atomic mass is 32.2. The fourth-order valence-corrected chi connectivity index (χ4v) is 3.53. The first-order valence-electron chi connectivity index (χ1n) is 7.25. The molecule has 0 heterocycles. The van der Waals surface area contributed by atoms with E-state index in [1.165, 1.54) is 26.2 Å². The SMILES string of the molecule is COc1ccc(CNC(C)=O)cc1S(=O)(=O)N[C@@H](C(=O)O)C(C)C. The number of sulfonamides is 1. The molecule has 0 aliphatic heterocycles. The summed E-state index contributed by atoms with van der Waals surface area (Å²) in [4.78, 5) is 22.0. The summed E-state index contributed by atoms with van der Waals surface area (Å²) in [7, 11) is -2.80. The van der Waals surface area contributed by atoms with Crippen LogP contribution in [-0.4, -0.2) is 38.6 Å². The monoisotopic (exact) mass is 358 g/mol. The summed E-state index contributed by atoms with van der Waals surface area (Å²) in [6.45, 7) is 4.70. The fraction of sp³-hybridized carbons (Fsp3) is 0.467. The van der Waals surface area contributed by atoms with E-state index in [0.717, 1.165) is 0 Å². The molecule has 1 atom stereocenters. The maximum absolute atomic E-state index is 12.6. The van der Waals surface area contributed by atoms with E-state index < -0.39 is 28.0 Å². The highest BCUT2D eigenvalue weighted by molar-refractivity contribution is 7.89. The molecule has 8 nitrogen and oxygen atoms in total. The molecule has 24 heavy (non-hydrogen) atoms. The molecule has 0 aromatic heterocycles. The summed E-state index contributed by atoms with van der Waals surface area (Å²) in [5.41, 5.74) is 0.544. The van der Waals surface area contributed by atoms with Crippen molar-refractivity contribution in [1.29, 1.82) is 0 Å². The topological polar surface area (TPSA) is 122 Å². The zero-order valence-corrected chi connectivity index (χ0v) is 14.8. The Balaban J connectivity index is 3.22. The molecule has 0 bridgehead atoms. The zero-order chi connectivity index (χ0) is 18.5. The van der Waals surface area contributed by atoms with Gasteiger partial charge in [0.05, 0.1) is 7.11 Å². The molecule has 1 aromatic carbocycles. The summed E-state index contributed by atoms with van der Waals surface area (Å²) < 4.78 is 32.4. The van der Waals surface area contributed by atoms with Crippen LogP contribution in [0.1, 0.15) is 26.3 Å². The molecule has 1 aromatic rings. The van der Waals surface area contributed by atoms with Gasteiger partial charge in [0.2, 0.25) is 15.9 Å². The Hall–Kier alpha value is -2.13. The van der Waals surface area contributed by atoms with Gasteiger partial charge in [-0.1, -0.05) is 19.9 Å². The first-order valence-corrected chi connectivity index (χ1v) is 8.73. The Morgan fingerprint density at radius 1 is 1.29 bits per heavy atom. The molecule has 134 valence electrons. The van der Waals surface area contributed by atoms with Crippen molar-refractivity contribution in [2.24, 2.45) is 5.92 Å². The van der Waals surface area contributed by atoms with E-state index in [9.17, 15) is 23.1 Å². The third kappa shape index (κ3) is 5.20. The predicted octanol–water partition coefficient (Wildman–Crippen LogP) is 0.719. The molecule has 0 saturated carbocycles. The van der Waals surface area contributed by atoms with Crippen LogP contribution < -0.4 is 14.8 Å². The molecule has 0 spiro atoms. The van der Waals surface area contributed by atoms with Gasteiger partial charge in [-0.25, -0.2) is 8.42 Å². The van der Waals surface area contributed by atoms with Crippen LogP contribution in [0, 0.1) is 5.92 Å². The molecule has 9 heteroatoms. The molecule has 1 amide bonds. The van der Waals surface area contributed by atoms with Gasteiger partial charge in [0.1, 0.15) is 16.7 Å². The van der Waals surface area contributed by atoms with Crippen LogP contribution in [0.5, 0.6) is 5.75 Å². The van der Waals surface area contributed by atoms with Gasteiger partial charge >= 0.3 is 5.97 Å². The van der Waals surface area contributed by atoms with Gasteiger partial charge in [-0.2, -0.15) is 4.72 Å². The smallest absolute Gasteiger partial charge is 0.322 e. The number of hydrogen-bond acceptors (Lipinski definition) is 5. The second-order valence-corrected chi connectivity index (χ2v) is 7.26. The van der Waals surface area contributed by atoms with Crippen molar-refractivity contribution in [3.8, 4) is 5.75 Å². The average molecular weight is 358 g/mol. The summed E-state index contributed by atoms with van der Waals surface area (Å²) in [5, 5.41) is 11.7. The second-order valence-electron chi connectivity index (χ2n) is 5.58. The number of rotatable bonds is 8. The fourth-order valence-electron chi connectivity index (χ4n) is 1.97. The van der Waals surface area contributed by atoms with Crippen LogP contribution in [0.2, 0.25) is 0 Å². The maximum Gasteiger partial charge on any atom is 0.322 e. The molecule has 3 N–H and O–H groups in total. The number of aliphatic carboxylic acids is 1. The Bertz CT molecular complexity index is 715. The van der Waals surface area contributed by atoms with E-state index in [4.69, 9.17) is 4.74 Å². The van der Waals surface area contributed by atoms with E-state index >= 15 is 0 Å². The zero-order valence-electron chi connectivity index (χ0n) is 14.0. The first-order chi connectivity index (χ1) is 11.1. The van der Waals surface area contributed by atoms with Crippen LogP contribution >= 0.6 is 0 Å². The molecule has 0 unspecified atom stereocenters. The number of amides is 1. The number of benzene rings is 1. The van der Waals surface area contributed by atoms with Crippen molar-refractivity contribution in [3.63, 3.8) is 0 Å². The van der Waals surface area contributed by atoms with E-state index in [-0.39, 0.29) is 23.1 Å². The van der Waals surface area contributed by atoms with Gasteiger partial charge in [-0.15, -0.1) is 0 Å². The molecular formula is C15H22N2O6S. The number of carbonyl (C=O) groups is 2. The van der Waals surface area contributed by atoms with E-state index in [1.54, 1.807) is 19.9 Å². The van der Waals surface area contributed by atoms with Crippen LogP contribution in [0.25, 0.3) is 0 Å². The molecule has 1 rings (SSSR count). The summed E-state index contributed by atoms with van der Waals surface area (Å²) in [6, 6.07) is 3.15. The van der Waals surface area contributed by atoms with E-state index in [2.05, 4.69) is 10.0 Å². The van der Waals surface area contributed by atoms with Crippen molar-refractivity contribution < 1.29 is 27.9 Å². The van der Waals surface area contributed by atoms with Gasteiger partial charge in [-0.3, -0.25) is 9.59 Å². The number of carboxylic acid groups (broad SMARTS) is 1. The molecule has 0 aliphatic carbocycles. The van der Waals surface area contributed by atoms with Crippen molar-refractivity contribution in [2.45, 2.75) is 38.3 Å². The van der Waals surface area contributed by atoms with Crippen molar-refractivity contribution in [1.82, 2.24) is 10.0 Å². The Kier molecular flexibility index (Phi) is 6.73. The lowest BCUT2D eigenvalue weighted by Crippen LogP contribution is -2.44. The van der Waals surface area contributed by atoms with Crippen LogP contribution in [0.15, 0.2) is 23.1 Å². The second kappa shape index (κ2) is 8.11. The van der Waals surface area contributed by atoms with Gasteiger partial charge in [0.25, 0.3) is 0 Å². The largest absolute Gasteiger partial charge is 0.495 e. The van der Waals surface area contributed by atoms with Crippen LogP contribution in [0.3, 0.4) is 0 Å². The molecule has 0 saturated heterocycles. The van der Waals surface area contributed by atoms with Crippen LogP contribution in [0.4, 0.5) is 0 Å². The number of hydrogen-bond donors (Lipinski definition) is 3. The van der Waals surface area contributed by atoms with Crippen LogP contribution in [-0.2, 0) is 26.2 Å². The van der Waals surface area contributed by atoms with E-state index in [1.807, 2.05) is 0 Å². The average Bonchev–Trinajstić information content (AvgIpc) is 2.49. The normalized spacial score (nSPS) is 12.7. The van der Waals surface area contributed by atoms with E-state index in [0.29, 0.717) is 5.56 Å². The highest BCUT2D eigenvalue weighted by Crippen LogP contribution is 2.25. The number of nitrogens with one attached hydrogen (secondary N) is 2. The molecule has 0 aliphatic rings. The maximum atomic E-state index is 12.6. The lowest BCUT2D eigenvalue weighted by Gasteiger charge is -2.19. The number of carboxylic acids is 1. The summed E-state index contributed by atoms with van der Waals surface area (Å²) >= 11 is 0. The van der Waals surface area contributed by atoms with Gasteiger partial charge in [0, 0.05) is 13.5 Å². The Labute approximate surface area is 141 Å². The summed E-state index contributed by atoms with van der Waals surface area (Å²) in [5.74, 6) is -1.87. The Morgan fingerprint density at radius 3 is 2.38 bits per heavy atom. The number of ether oxygens (including phenoxy) is 1.